The molecule has 3 nitrogen and oxygen atoms in total. The van der Waals surface area contributed by atoms with Crippen LogP contribution in [-0.2, 0) is 6.54 Å². The van der Waals surface area contributed by atoms with Crippen LogP contribution in [0.25, 0.3) is 0 Å². The molecule has 2 aliphatic rings. The number of nitrogens with zero attached hydrogens (tertiary/aromatic N) is 3. The number of likely N-dealkylation sites (tertiary alicyclic amines) is 2. The molecule has 0 N–H and O–H groups in total. The fourth-order valence-corrected chi connectivity index (χ4v) is 3.74. The summed E-state index contributed by atoms with van der Waals surface area (Å²) < 4.78 is 0. The Bertz CT molecular complexity index is 460. The number of pyridine rings is 1. The van der Waals surface area contributed by atoms with E-state index in [4.69, 9.17) is 23.2 Å². The Kier molecular flexibility index (Phi) is 4.82. The first-order valence-corrected chi connectivity index (χ1v) is 8.25. The first-order chi connectivity index (χ1) is 9.72. The van der Waals surface area contributed by atoms with Crippen molar-refractivity contribution in [1.29, 1.82) is 0 Å². The largest absolute Gasteiger partial charge is 0.299 e. The van der Waals surface area contributed by atoms with E-state index < -0.39 is 0 Å². The van der Waals surface area contributed by atoms with E-state index in [-0.39, 0.29) is 0 Å². The lowest BCUT2D eigenvalue weighted by atomic mass is 10.1. The van der Waals surface area contributed by atoms with Crippen LogP contribution in [-0.4, -0.2) is 47.0 Å². The summed E-state index contributed by atoms with van der Waals surface area (Å²) in [5.41, 5.74) is 1.08. The molecular weight excluding hydrogens is 293 g/mol. The Morgan fingerprint density at radius 2 is 1.90 bits per heavy atom. The summed E-state index contributed by atoms with van der Waals surface area (Å²) in [6.45, 7) is 5.75. The van der Waals surface area contributed by atoms with Gasteiger partial charge in [-0.15, -0.1) is 0 Å². The SMILES string of the molecule is Clc1ccc(CN2CCC(N3CCCCC3)C2)c(Cl)n1. The smallest absolute Gasteiger partial charge is 0.135 e. The molecule has 3 rings (SSSR count). The van der Waals surface area contributed by atoms with E-state index in [0.717, 1.165) is 31.2 Å². The van der Waals surface area contributed by atoms with Crippen LogP contribution < -0.4 is 0 Å². The molecule has 5 heteroatoms. The highest BCUT2D eigenvalue weighted by Crippen LogP contribution is 2.24. The van der Waals surface area contributed by atoms with Crippen molar-refractivity contribution in [2.45, 2.75) is 38.3 Å². The first-order valence-electron chi connectivity index (χ1n) is 7.50. The van der Waals surface area contributed by atoms with Crippen LogP contribution in [0.5, 0.6) is 0 Å². The summed E-state index contributed by atoms with van der Waals surface area (Å²) in [6, 6.07) is 4.54. The molecule has 1 aromatic heterocycles. The summed E-state index contributed by atoms with van der Waals surface area (Å²) >= 11 is 12.0. The highest BCUT2D eigenvalue weighted by Gasteiger charge is 2.28. The lowest BCUT2D eigenvalue weighted by Gasteiger charge is -2.32. The molecule has 1 atom stereocenters. The second kappa shape index (κ2) is 6.61. The summed E-state index contributed by atoms with van der Waals surface area (Å²) in [4.78, 5) is 9.27. The fourth-order valence-electron chi connectivity index (χ4n) is 3.34. The monoisotopic (exact) mass is 313 g/mol. The summed E-state index contributed by atoms with van der Waals surface area (Å²) in [5.74, 6) is 0. The molecule has 110 valence electrons. The third-order valence-electron chi connectivity index (χ3n) is 4.44. The van der Waals surface area contributed by atoms with Crippen LogP contribution in [0.3, 0.4) is 0 Å². The third-order valence-corrected chi connectivity index (χ3v) is 4.98. The van der Waals surface area contributed by atoms with Crippen molar-refractivity contribution in [3.63, 3.8) is 0 Å². The fraction of sp³-hybridized carbons (Fsp3) is 0.667. The minimum absolute atomic E-state index is 0.464. The Hall–Kier alpha value is -0.350. The molecule has 0 saturated carbocycles. The quantitative estimate of drug-likeness (QED) is 0.797. The molecule has 0 radical (unpaired) electrons. The Morgan fingerprint density at radius 3 is 2.65 bits per heavy atom. The van der Waals surface area contributed by atoms with Gasteiger partial charge < -0.3 is 0 Å². The molecule has 0 aromatic carbocycles. The van der Waals surface area contributed by atoms with Crippen LogP contribution in [0.15, 0.2) is 12.1 Å². The molecule has 0 amide bonds. The van der Waals surface area contributed by atoms with Gasteiger partial charge in [-0.1, -0.05) is 35.7 Å². The Morgan fingerprint density at radius 1 is 1.10 bits per heavy atom. The molecule has 2 aliphatic heterocycles. The summed E-state index contributed by atoms with van der Waals surface area (Å²) in [7, 11) is 0. The van der Waals surface area contributed by atoms with E-state index in [1.54, 1.807) is 0 Å². The lowest BCUT2D eigenvalue weighted by molar-refractivity contribution is 0.161. The van der Waals surface area contributed by atoms with E-state index >= 15 is 0 Å². The minimum Gasteiger partial charge on any atom is -0.299 e. The van der Waals surface area contributed by atoms with Crippen molar-refractivity contribution in [3.05, 3.63) is 28.0 Å². The second-order valence-corrected chi connectivity index (χ2v) is 6.60. The zero-order chi connectivity index (χ0) is 13.9. The average Bonchev–Trinajstić information content (AvgIpc) is 2.92. The van der Waals surface area contributed by atoms with E-state index in [2.05, 4.69) is 14.8 Å². The van der Waals surface area contributed by atoms with Gasteiger partial charge in [-0.05, 0) is 38.4 Å². The highest BCUT2D eigenvalue weighted by molar-refractivity contribution is 6.32. The maximum absolute atomic E-state index is 6.16. The van der Waals surface area contributed by atoms with Crippen molar-refractivity contribution in [1.82, 2.24) is 14.8 Å². The normalized spacial score (nSPS) is 25.2. The molecule has 0 aliphatic carbocycles. The number of piperidine rings is 1. The average molecular weight is 314 g/mol. The summed E-state index contributed by atoms with van der Waals surface area (Å²) in [5, 5.41) is 1.00. The number of rotatable bonds is 3. The van der Waals surface area contributed by atoms with Gasteiger partial charge in [0.15, 0.2) is 0 Å². The molecular formula is C15H21Cl2N3. The number of hydrogen-bond donors (Lipinski definition) is 0. The number of hydrogen-bond acceptors (Lipinski definition) is 3. The maximum atomic E-state index is 6.16. The van der Waals surface area contributed by atoms with Gasteiger partial charge in [-0.2, -0.15) is 0 Å². The molecule has 2 saturated heterocycles. The van der Waals surface area contributed by atoms with Crippen molar-refractivity contribution in [3.8, 4) is 0 Å². The predicted octanol–water partition coefficient (Wildman–Crippen LogP) is 3.45. The predicted molar refractivity (Wildman–Crippen MR) is 83.4 cm³/mol. The van der Waals surface area contributed by atoms with Gasteiger partial charge in [0.05, 0.1) is 0 Å². The highest BCUT2D eigenvalue weighted by atomic mass is 35.5. The standard InChI is InChI=1S/C15H21Cl2N3/c16-14-5-4-12(15(17)18-14)10-19-9-6-13(11-19)20-7-2-1-3-8-20/h4-5,13H,1-3,6-11H2. The second-order valence-electron chi connectivity index (χ2n) is 5.86. The minimum atomic E-state index is 0.464. The van der Waals surface area contributed by atoms with Crippen molar-refractivity contribution < 1.29 is 0 Å². The molecule has 0 spiro atoms. The molecule has 2 fully saturated rings. The molecule has 0 bridgehead atoms. The van der Waals surface area contributed by atoms with Gasteiger partial charge in [0.25, 0.3) is 0 Å². The molecule has 1 unspecified atom stereocenters. The van der Waals surface area contributed by atoms with E-state index in [0.29, 0.717) is 10.3 Å². The van der Waals surface area contributed by atoms with E-state index in [9.17, 15) is 0 Å². The number of aromatic nitrogens is 1. The Labute approximate surface area is 130 Å². The zero-order valence-electron chi connectivity index (χ0n) is 11.7. The van der Waals surface area contributed by atoms with Gasteiger partial charge in [-0.25, -0.2) is 4.98 Å². The van der Waals surface area contributed by atoms with Crippen molar-refractivity contribution in [2.24, 2.45) is 0 Å². The van der Waals surface area contributed by atoms with Crippen LogP contribution in [0.4, 0.5) is 0 Å². The third kappa shape index (κ3) is 3.45. The zero-order valence-corrected chi connectivity index (χ0v) is 13.2. The van der Waals surface area contributed by atoms with Crippen molar-refractivity contribution >= 4 is 23.2 Å². The molecule has 3 heterocycles. The first kappa shape index (κ1) is 14.6. The molecule has 20 heavy (non-hydrogen) atoms. The van der Waals surface area contributed by atoms with Crippen LogP contribution >= 0.6 is 23.2 Å². The topological polar surface area (TPSA) is 19.4 Å². The van der Waals surface area contributed by atoms with Crippen LogP contribution in [0.1, 0.15) is 31.2 Å². The van der Waals surface area contributed by atoms with Gasteiger partial charge in [-0.3, -0.25) is 9.80 Å². The Balaban J connectivity index is 1.57. The van der Waals surface area contributed by atoms with Crippen LogP contribution in [0, 0.1) is 0 Å². The van der Waals surface area contributed by atoms with Gasteiger partial charge in [0, 0.05) is 31.2 Å². The maximum Gasteiger partial charge on any atom is 0.135 e. The van der Waals surface area contributed by atoms with E-state index in [1.165, 1.54) is 38.8 Å². The molecule has 1 aromatic rings. The van der Waals surface area contributed by atoms with Gasteiger partial charge >= 0.3 is 0 Å². The lowest BCUT2D eigenvalue weighted by Crippen LogP contribution is -2.40. The summed E-state index contributed by atoms with van der Waals surface area (Å²) in [6.07, 6.45) is 5.41. The van der Waals surface area contributed by atoms with Gasteiger partial charge in [0.1, 0.15) is 10.3 Å². The van der Waals surface area contributed by atoms with Crippen LogP contribution in [0.2, 0.25) is 10.3 Å². The number of halogens is 2. The van der Waals surface area contributed by atoms with Crippen molar-refractivity contribution in [2.75, 3.05) is 26.2 Å². The van der Waals surface area contributed by atoms with E-state index in [1.807, 2.05) is 12.1 Å². The van der Waals surface area contributed by atoms with Gasteiger partial charge in [0.2, 0.25) is 0 Å².